The summed E-state index contributed by atoms with van der Waals surface area (Å²) in [6.07, 6.45) is 0. The molecule has 2 amide bonds. The van der Waals surface area contributed by atoms with Gasteiger partial charge in [0.25, 0.3) is 5.91 Å². The third kappa shape index (κ3) is 6.42. The molecule has 1 aromatic carbocycles. The minimum Gasteiger partial charge on any atom is -0.329 e. The Morgan fingerprint density at radius 2 is 1.71 bits per heavy atom. The zero-order valence-corrected chi connectivity index (χ0v) is 20.5. The Morgan fingerprint density at radius 1 is 1.10 bits per heavy atom. The molecule has 170 valence electrons. The topological polar surface area (TPSA) is 67.2 Å². The lowest BCUT2D eigenvalue weighted by atomic mass is 9.92. The number of carbonyl (C=O) groups is 2. The number of nitrogens with one attached hydrogen (secondary N) is 1. The molecular formula is C25H38N4O2. The second-order valence-corrected chi connectivity index (χ2v) is 10.7. The highest BCUT2D eigenvalue weighted by molar-refractivity contribution is 6.00. The van der Waals surface area contributed by atoms with E-state index < -0.39 is 0 Å². The first-order chi connectivity index (χ1) is 14.2. The highest BCUT2D eigenvalue weighted by atomic mass is 16.2. The van der Waals surface area contributed by atoms with Crippen LogP contribution in [0.4, 0.5) is 5.82 Å². The molecular weight excluding hydrogens is 388 g/mol. The Hall–Kier alpha value is -2.63. The Balaban J connectivity index is 2.28. The number of hydrogen-bond donors (Lipinski definition) is 1. The van der Waals surface area contributed by atoms with E-state index in [4.69, 9.17) is 5.10 Å². The van der Waals surface area contributed by atoms with Crippen molar-refractivity contribution in [1.29, 1.82) is 0 Å². The normalized spacial score (nSPS) is 12.2. The van der Waals surface area contributed by atoms with Gasteiger partial charge in [0.2, 0.25) is 5.91 Å². The van der Waals surface area contributed by atoms with Gasteiger partial charge < -0.3 is 10.2 Å². The number of nitrogens with zero attached hydrogens (tertiary/aromatic N) is 3. The van der Waals surface area contributed by atoms with Gasteiger partial charge in [-0.2, -0.15) is 5.10 Å². The van der Waals surface area contributed by atoms with Crippen LogP contribution in [0, 0.1) is 12.8 Å². The number of anilines is 1. The summed E-state index contributed by atoms with van der Waals surface area (Å²) in [4.78, 5) is 27.8. The molecule has 0 unspecified atom stereocenters. The Morgan fingerprint density at radius 3 is 2.23 bits per heavy atom. The second-order valence-electron chi connectivity index (χ2n) is 10.7. The zero-order valence-electron chi connectivity index (χ0n) is 20.5. The van der Waals surface area contributed by atoms with Crippen LogP contribution < -0.4 is 5.32 Å². The standard InChI is InChI=1S/C25H38N4O2/c1-17(2)15-28(23(31)19-13-11-10-12-18(19)3)16-22(30)26-21-14-20(24(4,5)6)27-29(21)25(7,8)9/h10-14,17H,15-16H2,1-9H3,(H,26,30). The van der Waals surface area contributed by atoms with Crippen molar-refractivity contribution in [2.45, 2.75) is 73.3 Å². The second kappa shape index (κ2) is 9.25. The molecule has 1 heterocycles. The zero-order chi connectivity index (χ0) is 23.6. The van der Waals surface area contributed by atoms with Gasteiger partial charge in [0.1, 0.15) is 12.4 Å². The van der Waals surface area contributed by atoms with Gasteiger partial charge in [-0.25, -0.2) is 4.68 Å². The van der Waals surface area contributed by atoms with Crippen LogP contribution in [0.3, 0.4) is 0 Å². The van der Waals surface area contributed by atoms with Crippen molar-refractivity contribution < 1.29 is 9.59 Å². The van der Waals surface area contributed by atoms with E-state index in [1.54, 1.807) is 4.90 Å². The molecule has 0 aliphatic carbocycles. The number of hydrogen-bond acceptors (Lipinski definition) is 3. The molecule has 2 rings (SSSR count). The van der Waals surface area contributed by atoms with E-state index in [0.29, 0.717) is 17.9 Å². The van der Waals surface area contributed by atoms with Gasteiger partial charge in [0.05, 0.1) is 11.2 Å². The van der Waals surface area contributed by atoms with E-state index in [9.17, 15) is 9.59 Å². The van der Waals surface area contributed by atoms with Gasteiger partial charge in [-0.05, 0) is 45.2 Å². The molecule has 6 nitrogen and oxygen atoms in total. The summed E-state index contributed by atoms with van der Waals surface area (Å²) >= 11 is 0. The van der Waals surface area contributed by atoms with Crippen molar-refractivity contribution in [1.82, 2.24) is 14.7 Å². The number of benzene rings is 1. The summed E-state index contributed by atoms with van der Waals surface area (Å²) in [5.41, 5.74) is 2.02. The summed E-state index contributed by atoms with van der Waals surface area (Å²) in [6.45, 7) is 18.9. The van der Waals surface area contributed by atoms with Gasteiger partial charge in [0.15, 0.2) is 0 Å². The van der Waals surface area contributed by atoms with Crippen LogP contribution in [-0.2, 0) is 15.7 Å². The predicted molar refractivity (Wildman–Crippen MR) is 126 cm³/mol. The SMILES string of the molecule is Cc1ccccc1C(=O)N(CC(=O)Nc1cc(C(C)(C)C)nn1C(C)(C)C)CC(C)C. The van der Waals surface area contributed by atoms with Crippen molar-refractivity contribution in [2.75, 3.05) is 18.4 Å². The molecule has 0 aliphatic rings. The number of carbonyl (C=O) groups excluding carboxylic acids is 2. The van der Waals surface area contributed by atoms with E-state index in [2.05, 4.69) is 46.9 Å². The molecule has 0 fully saturated rings. The van der Waals surface area contributed by atoms with Crippen LogP contribution in [0.2, 0.25) is 0 Å². The maximum absolute atomic E-state index is 13.2. The maximum atomic E-state index is 13.2. The fourth-order valence-electron chi connectivity index (χ4n) is 3.35. The van der Waals surface area contributed by atoms with Crippen molar-refractivity contribution in [3.63, 3.8) is 0 Å². The van der Waals surface area contributed by atoms with Gasteiger partial charge in [-0.15, -0.1) is 0 Å². The Bertz CT molecular complexity index is 930. The summed E-state index contributed by atoms with van der Waals surface area (Å²) < 4.78 is 1.85. The largest absolute Gasteiger partial charge is 0.329 e. The molecule has 0 saturated carbocycles. The monoisotopic (exact) mass is 426 g/mol. The van der Waals surface area contributed by atoms with Crippen LogP contribution in [0.1, 0.15) is 77.0 Å². The molecule has 2 aromatic rings. The number of rotatable bonds is 6. The first-order valence-corrected chi connectivity index (χ1v) is 11.0. The van der Waals surface area contributed by atoms with Crippen LogP contribution in [-0.4, -0.2) is 39.6 Å². The molecule has 31 heavy (non-hydrogen) atoms. The van der Waals surface area contributed by atoms with E-state index in [-0.39, 0.29) is 35.2 Å². The lowest BCUT2D eigenvalue weighted by Crippen LogP contribution is -2.41. The molecule has 0 atom stereocenters. The fourth-order valence-corrected chi connectivity index (χ4v) is 3.35. The number of aromatic nitrogens is 2. The number of amides is 2. The molecule has 0 spiro atoms. The fraction of sp³-hybridized carbons (Fsp3) is 0.560. The van der Waals surface area contributed by atoms with Gasteiger partial charge >= 0.3 is 0 Å². The van der Waals surface area contributed by atoms with E-state index in [1.807, 2.05) is 55.8 Å². The molecule has 1 aromatic heterocycles. The predicted octanol–water partition coefficient (Wildman–Crippen LogP) is 4.98. The minimum atomic E-state index is -0.291. The Kier molecular flexibility index (Phi) is 7.35. The highest BCUT2D eigenvalue weighted by Crippen LogP contribution is 2.28. The van der Waals surface area contributed by atoms with E-state index in [0.717, 1.165) is 11.3 Å². The van der Waals surface area contributed by atoms with Crippen molar-refractivity contribution in [3.05, 3.63) is 47.2 Å². The van der Waals surface area contributed by atoms with E-state index >= 15 is 0 Å². The third-order valence-electron chi connectivity index (χ3n) is 4.96. The first-order valence-electron chi connectivity index (χ1n) is 11.0. The first kappa shape index (κ1) is 24.6. The highest BCUT2D eigenvalue weighted by Gasteiger charge is 2.27. The van der Waals surface area contributed by atoms with Crippen LogP contribution in [0.15, 0.2) is 30.3 Å². The molecule has 0 saturated heterocycles. The van der Waals surface area contributed by atoms with Crippen molar-refractivity contribution in [2.24, 2.45) is 5.92 Å². The minimum absolute atomic E-state index is 0.00841. The van der Waals surface area contributed by atoms with Crippen LogP contribution >= 0.6 is 0 Å². The van der Waals surface area contributed by atoms with Gasteiger partial charge in [-0.3, -0.25) is 9.59 Å². The summed E-state index contributed by atoms with van der Waals surface area (Å²) in [5.74, 6) is 0.540. The van der Waals surface area contributed by atoms with Crippen molar-refractivity contribution in [3.8, 4) is 0 Å². The molecule has 0 aliphatic heterocycles. The summed E-state index contributed by atoms with van der Waals surface area (Å²) in [5, 5.41) is 7.75. The number of aryl methyl sites for hydroxylation is 1. The average molecular weight is 427 g/mol. The average Bonchev–Trinajstić information content (AvgIpc) is 3.05. The Labute approximate surface area is 187 Å². The van der Waals surface area contributed by atoms with Crippen LogP contribution in [0.5, 0.6) is 0 Å². The lowest BCUT2D eigenvalue weighted by molar-refractivity contribution is -0.117. The summed E-state index contributed by atoms with van der Waals surface area (Å²) in [6, 6.07) is 9.42. The van der Waals surface area contributed by atoms with Gasteiger partial charge in [0, 0.05) is 23.6 Å². The maximum Gasteiger partial charge on any atom is 0.254 e. The molecule has 0 bridgehead atoms. The molecule has 6 heteroatoms. The summed E-state index contributed by atoms with van der Waals surface area (Å²) in [7, 11) is 0. The molecule has 0 radical (unpaired) electrons. The smallest absolute Gasteiger partial charge is 0.254 e. The molecule has 1 N–H and O–H groups in total. The van der Waals surface area contributed by atoms with E-state index in [1.165, 1.54) is 0 Å². The lowest BCUT2D eigenvalue weighted by Gasteiger charge is -2.26. The van der Waals surface area contributed by atoms with Crippen LogP contribution in [0.25, 0.3) is 0 Å². The van der Waals surface area contributed by atoms with Gasteiger partial charge in [-0.1, -0.05) is 52.8 Å². The quantitative estimate of drug-likeness (QED) is 0.708. The van der Waals surface area contributed by atoms with Crippen molar-refractivity contribution >= 4 is 17.6 Å². The third-order valence-corrected chi connectivity index (χ3v) is 4.96.